The maximum Gasteiger partial charge on any atom is 0.338 e. The molecule has 1 aliphatic carbocycles. The number of hydrogen-bond donors (Lipinski definition) is 1. The van der Waals surface area contributed by atoms with E-state index in [-0.39, 0.29) is 6.61 Å². The molecule has 0 bridgehead atoms. The van der Waals surface area contributed by atoms with Gasteiger partial charge in [0.1, 0.15) is 6.61 Å². The zero-order valence-corrected chi connectivity index (χ0v) is 15.8. The van der Waals surface area contributed by atoms with E-state index >= 15 is 0 Å². The monoisotopic (exact) mass is 421 g/mol. The van der Waals surface area contributed by atoms with Gasteiger partial charge >= 0.3 is 5.97 Å². The summed E-state index contributed by atoms with van der Waals surface area (Å²) < 4.78 is 6.46. The number of fused-ring (bicyclic) bond motifs is 1. The Morgan fingerprint density at radius 2 is 2.08 bits per heavy atom. The molecule has 3 rings (SSSR count). The van der Waals surface area contributed by atoms with Gasteiger partial charge in [-0.05, 0) is 66.8 Å². The Balaban J connectivity index is 1.85. The first kappa shape index (κ1) is 18.0. The number of nitrogens with zero attached hydrogens (tertiary/aromatic N) is 1. The number of rotatable bonds is 4. The highest BCUT2D eigenvalue weighted by Gasteiger charge is 2.37. The average Bonchev–Trinajstić information content (AvgIpc) is 2.60. The van der Waals surface area contributed by atoms with E-state index in [1.54, 1.807) is 24.3 Å². The van der Waals surface area contributed by atoms with Crippen LogP contribution in [0.25, 0.3) is 0 Å². The van der Waals surface area contributed by atoms with Crippen molar-refractivity contribution in [1.82, 2.24) is 0 Å². The summed E-state index contributed by atoms with van der Waals surface area (Å²) in [5.41, 5.74) is 1.92. The Hall–Kier alpha value is -1.85. The molecular weight excluding hydrogens is 406 g/mol. The summed E-state index contributed by atoms with van der Waals surface area (Å²) in [5.74, 6) is -0.403. The second-order valence-corrected chi connectivity index (χ2v) is 7.49. The summed E-state index contributed by atoms with van der Waals surface area (Å²) >= 11 is 9.44. The summed E-state index contributed by atoms with van der Waals surface area (Å²) in [7, 11) is 0. The second kappa shape index (κ2) is 7.58. The molecule has 1 atom stereocenters. The molecule has 0 saturated heterocycles. The van der Waals surface area contributed by atoms with Gasteiger partial charge in [-0.15, -0.1) is 5.16 Å². The third-order valence-electron chi connectivity index (χ3n) is 4.52. The van der Waals surface area contributed by atoms with Gasteiger partial charge in [0.15, 0.2) is 0 Å². The van der Waals surface area contributed by atoms with Crippen LogP contribution in [0.15, 0.2) is 52.1 Å². The summed E-state index contributed by atoms with van der Waals surface area (Å²) in [6.07, 6.45) is 4.00. The lowest BCUT2D eigenvalue weighted by Crippen LogP contribution is -2.38. The lowest BCUT2D eigenvalue weighted by Gasteiger charge is -2.35. The Morgan fingerprint density at radius 1 is 1.32 bits per heavy atom. The average molecular weight is 423 g/mol. The predicted octanol–water partition coefficient (Wildman–Crippen LogP) is 4.99. The minimum Gasteiger partial charge on any atom is -0.461 e. The van der Waals surface area contributed by atoms with Crippen LogP contribution < -0.4 is 0 Å². The molecule has 0 saturated carbocycles. The molecule has 2 aromatic carbocycles. The third kappa shape index (κ3) is 3.88. The number of carbonyl (C=O) groups excluding carboxylic acids is 1. The van der Waals surface area contributed by atoms with Crippen molar-refractivity contribution in [3.63, 3.8) is 0 Å². The van der Waals surface area contributed by atoms with Crippen molar-refractivity contribution in [3.05, 3.63) is 68.7 Å². The van der Waals surface area contributed by atoms with Crippen molar-refractivity contribution in [2.75, 3.05) is 6.61 Å². The molecule has 130 valence electrons. The summed E-state index contributed by atoms with van der Waals surface area (Å²) in [6, 6.07) is 12.6. The fourth-order valence-electron chi connectivity index (χ4n) is 3.28. The highest BCUT2D eigenvalue weighted by Crippen LogP contribution is 2.38. The van der Waals surface area contributed by atoms with Crippen molar-refractivity contribution in [2.45, 2.75) is 24.7 Å². The van der Waals surface area contributed by atoms with Gasteiger partial charge in [-0.3, -0.25) is 0 Å². The molecule has 0 fully saturated rings. The zero-order chi connectivity index (χ0) is 17.9. The van der Waals surface area contributed by atoms with Crippen LogP contribution in [0, 0.1) is 0 Å². The number of ether oxygens (including phenoxy) is 1. The minimum atomic E-state index is -0.641. The summed E-state index contributed by atoms with van der Waals surface area (Å²) in [4.78, 5) is 12.3. The quantitative estimate of drug-likeness (QED) is 0.327. The van der Waals surface area contributed by atoms with Gasteiger partial charge in [-0.1, -0.05) is 33.6 Å². The molecule has 1 unspecified atom stereocenters. The Labute approximate surface area is 159 Å². The smallest absolute Gasteiger partial charge is 0.338 e. The van der Waals surface area contributed by atoms with Crippen LogP contribution in [0.2, 0.25) is 5.02 Å². The molecule has 1 aliphatic rings. The molecule has 0 radical (unpaired) electrons. The number of oxime groups is 1. The van der Waals surface area contributed by atoms with Crippen LogP contribution >= 0.6 is 27.5 Å². The van der Waals surface area contributed by atoms with Crippen LogP contribution in [0.4, 0.5) is 0 Å². The standard InChI is InChI=1S/C19H17BrClNO3/c20-15-5-3-13(4-6-15)18(23)25-12-19(11-22-24)9-1-2-14-10-16(21)7-8-17(14)19/h3-8,10-11,24H,1-2,9,12H2. The van der Waals surface area contributed by atoms with Crippen LogP contribution in [-0.2, 0) is 16.6 Å². The normalized spacial score (nSPS) is 19.6. The number of hydrogen-bond acceptors (Lipinski definition) is 4. The van der Waals surface area contributed by atoms with Gasteiger partial charge in [0.25, 0.3) is 0 Å². The van der Waals surface area contributed by atoms with Gasteiger partial charge in [0.2, 0.25) is 0 Å². The number of carbonyl (C=O) groups is 1. The highest BCUT2D eigenvalue weighted by atomic mass is 79.9. The molecule has 0 heterocycles. The molecule has 25 heavy (non-hydrogen) atoms. The summed E-state index contributed by atoms with van der Waals surface area (Å²) in [6.45, 7) is 0.112. The molecule has 4 nitrogen and oxygen atoms in total. The van der Waals surface area contributed by atoms with E-state index < -0.39 is 11.4 Å². The second-order valence-electron chi connectivity index (χ2n) is 6.14. The maximum atomic E-state index is 12.3. The molecule has 0 amide bonds. The van der Waals surface area contributed by atoms with E-state index in [0.717, 1.165) is 34.9 Å². The Bertz CT molecular complexity index is 807. The largest absolute Gasteiger partial charge is 0.461 e. The first-order valence-corrected chi connectivity index (χ1v) is 9.11. The van der Waals surface area contributed by atoms with E-state index in [4.69, 9.17) is 16.3 Å². The zero-order valence-electron chi connectivity index (χ0n) is 13.4. The fourth-order valence-corrected chi connectivity index (χ4v) is 3.74. The topological polar surface area (TPSA) is 58.9 Å². The first-order chi connectivity index (χ1) is 12.0. The van der Waals surface area contributed by atoms with Crippen LogP contribution in [-0.4, -0.2) is 24.0 Å². The Morgan fingerprint density at radius 3 is 2.80 bits per heavy atom. The number of halogens is 2. The van der Waals surface area contributed by atoms with Crippen LogP contribution in [0.3, 0.4) is 0 Å². The molecule has 0 aliphatic heterocycles. The van der Waals surface area contributed by atoms with Gasteiger partial charge in [-0.25, -0.2) is 4.79 Å². The number of esters is 1. The predicted molar refractivity (Wildman–Crippen MR) is 101 cm³/mol. The van der Waals surface area contributed by atoms with E-state index in [1.165, 1.54) is 6.21 Å². The summed E-state index contributed by atoms with van der Waals surface area (Å²) in [5, 5.41) is 13.1. The van der Waals surface area contributed by atoms with Gasteiger partial charge in [-0.2, -0.15) is 0 Å². The lowest BCUT2D eigenvalue weighted by molar-refractivity contribution is 0.0438. The van der Waals surface area contributed by atoms with Crippen molar-refractivity contribution in [2.24, 2.45) is 5.16 Å². The van der Waals surface area contributed by atoms with Gasteiger partial charge < -0.3 is 9.94 Å². The first-order valence-electron chi connectivity index (χ1n) is 7.94. The highest BCUT2D eigenvalue weighted by molar-refractivity contribution is 9.10. The van der Waals surface area contributed by atoms with E-state index in [1.807, 2.05) is 18.2 Å². The molecule has 6 heteroatoms. The van der Waals surface area contributed by atoms with E-state index in [2.05, 4.69) is 21.1 Å². The van der Waals surface area contributed by atoms with Crippen molar-refractivity contribution >= 4 is 39.7 Å². The van der Waals surface area contributed by atoms with E-state index in [9.17, 15) is 10.0 Å². The molecule has 0 spiro atoms. The van der Waals surface area contributed by atoms with Crippen molar-refractivity contribution in [3.8, 4) is 0 Å². The molecule has 0 aromatic heterocycles. The lowest BCUT2D eigenvalue weighted by atomic mass is 9.71. The molecule has 2 aromatic rings. The van der Waals surface area contributed by atoms with Crippen LogP contribution in [0.5, 0.6) is 0 Å². The third-order valence-corrected chi connectivity index (χ3v) is 5.28. The molecule has 1 N–H and O–H groups in total. The number of benzene rings is 2. The fraction of sp³-hybridized carbons (Fsp3) is 0.263. The number of aryl methyl sites for hydroxylation is 1. The minimum absolute atomic E-state index is 0.112. The van der Waals surface area contributed by atoms with E-state index in [0.29, 0.717) is 10.6 Å². The SMILES string of the molecule is O=C(OCC1(C=NO)CCCc2cc(Cl)ccc21)c1ccc(Br)cc1. The maximum absolute atomic E-state index is 12.3. The Kier molecular flexibility index (Phi) is 5.45. The van der Waals surface area contributed by atoms with Gasteiger partial charge in [0, 0.05) is 9.50 Å². The van der Waals surface area contributed by atoms with Gasteiger partial charge in [0.05, 0.1) is 17.2 Å². The van der Waals surface area contributed by atoms with Crippen molar-refractivity contribution < 1.29 is 14.7 Å². The molecular formula is C19H17BrClNO3. The van der Waals surface area contributed by atoms with Crippen LogP contribution in [0.1, 0.15) is 34.3 Å². The van der Waals surface area contributed by atoms with Crippen molar-refractivity contribution in [1.29, 1.82) is 0 Å².